The molecule has 20 heavy (non-hydrogen) atoms. The molecular weight excluding hydrogens is 248 g/mol. The third-order valence-corrected chi connectivity index (χ3v) is 3.80. The summed E-state index contributed by atoms with van der Waals surface area (Å²) in [6.45, 7) is 10.8. The molecule has 1 aromatic rings. The maximum atomic E-state index is 4.73. The second kappa shape index (κ2) is 7.60. The van der Waals surface area contributed by atoms with Gasteiger partial charge in [-0.25, -0.2) is 4.98 Å². The minimum atomic E-state index is 0.942. The summed E-state index contributed by atoms with van der Waals surface area (Å²) >= 11 is 0. The van der Waals surface area contributed by atoms with Gasteiger partial charge in [0.1, 0.15) is 5.82 Å². The number of hydrogen-bond acceptors (Lipinski definition) is 4. The zero-order chi connectivity index (χ0) is 14.4. The fourth-order valence-corrected chi connectivity index (χ4v) is 2.67. The standard InChI is InChI=1S/C16H28N4/c1-4-6-17-13-15-11-14(2)18-16(12-15)20-8-5-7-19(3)9-10-20/h11-12,17H,4-10,13H2,1-3H3. The van der Waals surface area contributed by atoms with Crippen molar-refractivity contribution < 1.29 is 0 Å². The molecule has 0 radical (unpaired) electrons. The lowest BCUT2D eigenvalue weighted by molar-refractivity contribution is 0.360. The Labute approximate surface area is 123 Å². The summed E-state index contributed by atoms with van der Waals surface area (Å²) in [5, 5.41) is 3.47. The molecule has 2 rings (SSSR count). The molecule has 0 aliphatic carbocycles. The summed E-state index contributed by atoms with van der Waals surface area (Å²) in [5.41, 5.74) is 2.46. The van der Waals surface area contributed by atoms with Crippen LogP contribution in [0.4, 0.5) is 5.82 Å². The average Bonchev–Trinajstić information content (AvgIpc) is 2.63. The van der Waals surface area contributed by atoms with Crippen molar-refractivity contribution >= 4 is 5.82 Å². The number of aromatic nitrogens is 1. The van der Waals surface area contributed by atoms with E-state index < -0.39 is 0 Å². The summed E-state index contributed by atoms with van der Waals surface area (Å²) in [6.07, 6.45) is 2.39. The molecule has 0 saturated carbocycles. The van der Waals surface area contributed by atoms with E-state index in [0.717, 1.165) is 44.2 Å². The normalized spacial score (nSPS) is 17.2. The van der Waals surface area contributed by atoms with E-state index in [4.69, 9.17) is 4.98 Å². The van der Waals surface area contributed by atoms with E-state index in [1.54, 1.807) is 0 Å². The van der Waals surface area contributed by atoms with Gasteiger partial charge in [-0.1, -0.05) is 6.92 Å². The van der Waals surface area contributed by atoms with Gasteiger partial charge in [-0.05, 0) is 57.6 Å². The van der Waals surface area contributed by atoms with Crippen molar-refractivity contribution in [3.63, 3.8) is 0 Å². The number of aryl methyl sites for hydroxylation is 1. The maximum Gasteiger partial charge on any atom is 0.129 e. The molecule has 2 heterocycles. The van der Waals surface area contributed by atoms with E-state index in [0.29, 0.717) is 0 Å². The Morgan fingerprint density at radius 2 is 2.05 bits per heavy atom. The molecule has 1 aromatic heterocycles. The lowest BCUT2D eigenvalue weighted by Crippen LogP contribution is -2.29. The van der Waals surface area contributed by atoms with E-state index in [1.807, 2.05) is 0 Å². The Balaban J connectivity index is 2.06. The number of hydrogen-bond donors (Lipinski definition) is 1. The highest BCUT2D eigenvalue weighted by molar-refractivity contribution is 5.43. The van der Waals surface area contributed by atoms with E-state index in [1.165, 1.54) is 24.9 Å². The molecular formula is C16H28N4. The number of nitrogens with zero attached hydrogens (tertiary/aromatic N) is 3. The van der Waals surface area contributed by atoms with Crippen LogP contribution in [0.2, 0.25) is 0 Å². The first-order valence-electron chi connectivity index (χ1n) is 7.81. The van der Waals surface area contributed by atoms with Crippen molar-refractivity contribution in [3.05, 3.63) is 23.4 Å². The molecule has 1 fully saturated rings. The number of nitrogens with one attached hydrogen (secondary N) is 1. The fourth-order valence-electron chi connectivity index (χ4n) is 2.67. The van der Waals surface area contributed by atoms with E-state index >= 15 is 0 Å². The van der Waals surface area contributed by atoms with Crippen molar-refractivity contribution in [1.29, 1.82) is 0 Å². The third kappa shape index (κ3) is 4.46. The first-order chi connectivity index (χ1) is 9.69. The quantitative estimate of drug-likeness (QED) is 0.834. The van der Waals surface area contributed by atoms with Gasteiger partial charge in [0.05, 0.1) is 0 Å². The molecule has 1 saturated heterocycles. The lowest BCUT2D eigenvalue weighted by Gasteiger charge is -2.22. The van der Waals surface area contributed by atoms with Crippen LogP contribution in [0.5, 0.6) is 0 Å². The van der Waals surface area contributed by atoms with Crippen molar-refractivity contribution in [2.45, 2.75) is 33.2 Å². The SMILES string of the molecule is CCCNCc1cc(C)nc(N2CCCN(C)CC2)c1. The van der Waals surface area contributed by atoms with Crippen LogP contribution in [0.3, 0.4) is 0 Å². The molecule has 1 aliphatic rings. The van der Waals surface area contributed by atoms with Crippen LogP contribution in [0, 0.1) is 6.92 Å². The minimum Gasteiger partial charge on any atom is -0.355 e. The Hall–Kier alpha value is -1.13. The van der Waals surface area contributed by atoms with Crippen LogP contribution in [-0.4, -0.2) is 49.7 Å². The number of rotatable bonds is 5. The summed E-state index contributed by atoms with van der Waals surface area (Å²) in [5.74, 6) is 1.15. The molecule has 1 aliphatic heterocycles. The van der Waals surface area contributed by atoms with Gasteiger partial charge in [0.25, 0.3) is 0 Å². The van der Waals surface area contributed by atoms with Crippen LogP contribution in [0.15, 0.2) is 12.1 Å². The monoisotopic (exact) mass is 276 g/mol. The molecule has 0 spiro atoms. The van der Waals surface area contributed by atoms with Gasteiger partial charge in [-0.3, -0.25) is 0 Å². The summed E-state index contributed by atoms with van der Waals surface area (Å²) in [7, 11) is 2.20. The lowest BCUT2D eigenvalue weighted by atomic mass is 10.2. The van der Waals surface area contributed by atoms with Gasteiger partial charge >= 0.3 is 0 Å². The number of anilines is 1. The molecule has 0 atom stereocenters. The molecule has 112 valence electrons. The smallest absolute Gasteiger partial charge is 0.129 e. The molecule has 4 nitrogen and oxygen atoms in total. The van der Waals surface area contributed by atoms with Gasteiger partial charge < -0.3 is 15.1 Å². The Kier molecular flexibility index (Phi) is 5.80. The predicted octanol–water partition coefficient (Wildman–Crippen LogP) is 2.03. The van der Waals surface area contributed by atoms with Gasteiger partial charge in [-0.2, -0.15) is 0 Å². The Bertz CT molecular complexity index is 419. The van der Waals surface area contributed by atoms with Gasteiger partial charge in [-0.15, -0.1) is 0 Å². The molecule has 1 N–H and O–H groups in total. The van der Waals surface area contributed by atoms with Gasteiger partial charge in [0, 0.05) is 31.9 Å². The molecule has 0 amide bonds. The number of likely N-dealkylation sites (N-methyl/N-ethyl adjacent to an activating group) is 1. The minimum absolute atomic E-state index is 0.942. The Morgan fingerprint density at radius 3 is 2.85 bits per heavy atom. The second-order valence-corrected chi connectivity index (χ2v) is 5.80. The fraction of sp³-hybridized carbons (Fsp3) is 0.688. The van der Waals surface area contributed by atoms with Gasteiger partial charge in [0.2, 0.25) is 0 Å². The zero-order valence-corrected chi connectivity index (χ0v) is 13.2. The highest BCUT2D eigenvalue weighted by Gasteiger charge is 2.14. The van der Waals surface area contributed by atoms with Crippen molar-refractivity contribution in [3.8, 4) is 0 Å². The number of pyridine rings is 1. The van der Waals surface area contributed by atoms with E-state index in [9.17, 15) is 0 Å². The predicted molar refractivity (Wildman–Crippen MR) is 85.3 cm³/mol. The topological polar surface area (TPSA) is 31.4 Å². The summed E-state index contributed by atoms with van der Waals surface area (Å²) in [6, 6.07) is 4.44. The van der Waals surface area contributed by atoms with Crippen LogP contribution in [-0.2, 0) is 6.54 Å². The summed E-state index contributed by atoms with van der Waals surface area (Å²) in [4.78, 5) is 9.56. The third-order valence-electron chi connectivity index (χ3n) is 3.80. The zero-order valence-electron chi connectivity index (χ0n) is 13.2. The van der Waals surface area contributed by atoms with E-state index in [2.05, 4.69) is 48.1 Å². The largest absolute Gasteiger partial charge is 0.355 e. The van der Waals surface area contributed by atoms with Crippen LogP contribution < -0.4 is 10.2 Å². The first-order valence-corrected chi connectivity index (χ1v) is 7.81. The molecule has 4 heteroatoms. The average molecular weight is 276 g/mol. The van der Waals surface area contributed by atoms with Gasteiger partial charge in [0.15, 0.2) is 0 Å². The highest BCUT2D eigenvalue weighted by atomic mass is 15.2. The van der Waals surface area contributed by atoms with Crippen LogP contribution in [0.25, 0.3) is 0 Å². The van der Waals surface area contributed by atoms with Crippen molar-refractivity contribution in [2.75, 3.05) is 44.7 Å². The van der Waals surface area contributed by atoms with Crippen LogP contribution in [0.1, 0.15) is 31.0 Å². The molecule has 0 bridgehead atoms. The van der Waals surface area contributed by atoms with E-state index in [-0.39, 0.29) is 0 Å². The molecule has 0 unspecified atom stereocenters. The summed E-state index contributed by atoms with van der Waals surface area (Å²) < 4.78 is 0. The van der Waals surface area contributed by atoms with Crippen molar-refractivity contribution in [2.24, 2.45) is 0 Å². The highest BCUT2D eigenvalue weighted by Crippen LogP contribution is 2.17. The molecule has 0 aromatic carbocycles. The van der Waals surface area contributed by atoms with Crippen LogP contribution >= 0.6 is 0 Å². The Morgan fingerprint density at radius 1 is 1.20 bits per heavy atom. The van der Waals surface area contributed by atoms with Crippen molar-refractivity contribution in [1.82, 2.24) is 15.2 Å². The maximum absolute atomic E-state index is 4.73. The second-order valence-electron chi connectivity index (χ2n) is 5.80. The first kappa shape index (κ1) is 15.3.